The Kier molecular flexibility index (Phi) is 5.17. The molecule has 28 heavy (non-hydrogen) atoms. The molecule has 0 fully saturated rings. The first-order valence-corrected chi connectivity index (χ1v) is 9.48. The molecule has 144 valence electrons. The van der Waals surface area contributed by atoms with Gasteiger partial charge in [0, 0.05) is 12.2 Å². The highest BCUT2D eigenvalue weighted by Crippen LogP contribution is 2.31. The third-order valence-corrected chi connectivity index (χ3v) is 5.10. The molecule has 0 radical (unpaired) electrons. The predicted octanol–water partition coefficient (Wildman–Crippen LogP) is 4.07. The fourth-order valence-electron chi connectivity index (χ4n) is 3.32. The lowest BCUT2D eigenvalue weighted by Crippen LogP contribution is -2.39. The molecule has 1 aliphatic heterocycles. The van der Waals surface area contributed by atoms with E-state index in [4.69, 9.17) is 9.47 Å². The van der Waals surface area contributed by atoms with Gasteiger partial charge in [-0.05, 0) is 54.6 Å². The largest absolute Gasteiger partial charge is 0.486 e. The summed E-state index contributed by atoms with van der Waals surface area (Å²) in [7, 11) is 1.95. The van der Waals surface area contributed by atoms with Crippen LogP contribution in [0.25, 0.3) is 10.8 Å². The molecular weight excluding hydrogens is 352 g/mol. The van der Waals surface area contributed by atoms with Crippen LogP contribution in [-0.2, 0) is 11.3 Å². The van der Waals surface area contributed by atoms with Crippen molar-refractivity contribution in [3.63, 3.8) is 0 Å². The van der Waals surface area contributed by atoms with E-state index in [0.717, 1.165) is 33.5 Å². The Hall–Kier alpha value is -3.05. The maximum Gasteiger partial charge on any atom is 0.241 e. The van der Waals surface area contributed by atoms with Crippen molar-refractivity contribution in [1.29, 1.82) is 0 Å². The van der Waals surface area contributed by atoms with Crippen LogP contribution in [0, 0.1) is 0 Å². The number of hydrogen-bond acceptors (Lipinski definition) is 4. The number of carbonyl (C=O) groups excluding carboxylic acids is 1. The number of amides is 1. The van der Waals surface area contributed by atoms with Gasteiger partial charge in [0.25, 0.3) is 0 Å². The van der Waals surface area contributed by atoms with Crippen molar-refractivity contribution in [2.45, 2.75) is 19.5 Å². The minimum Gasteiger partial charge on any atom is -0.486 e. The van der Waals surface area contributed by atoms with Crippen LogP contribution >= 0.6 is 0 Å². The van der Waals surface area contributed by atoms with Crippen molar-refractivity contribution >= 4 is 22.4 Å². The molecule has 1 N–H and O–H groups in total. The van der Waals surface area contributed by atoms with Crippen molar-refractivity contribution in [3.05, 3.63) is 66.2 Å². The molecule has 5 heteroatoms. The predicted molar refractivity (Wildman–Crippen MR) is 111 cm³/mol. The minimum atomic E-state index is -0.278. The number of benzene rings is 3. The number of carbonyl (C=O) groups is 1. The van der Waals surface area contributed by atoms with E-state index in [2.05, 4.69) is 11.4 Å². The maximum absolute atomic E-state index is 12.7. The summed E-state index contributed by atoms with van der Waals surface area (Å²) in [5.74, 6) is 1.51. The van der Waals surface area contributed by atoms with E-state index < -0.39 is 0 Å². The van der Waals surface area contributed by atoms with Crippen molar-refractivity contribution < 1.29 is 14.3 Å². The van der Waals surface area contributed by atoms with Gasteiger partial charge in [-0.2, -0.15) is 0 Å². The normalized spacial score (nSPS) is 14.1. The summed E-state index contributed by atoms with van der Waals surface area (Å²) >= 11 is 0. The molecule has 5 nitrogen and oxygen atoms in total. The number of rotatable bonds is 5. The topological polar surface area (TPSA) is 50.8 Å². The SMILES string of the molecule is CC(C(=O)Nc1ccc2ccccc2c1)N(C)Cc1ccc2c(c1)OCCO2. The van der Waals surface area contributed by atoms with Gasteiger partial charge in [-0.3, -0.25) is 9.69 Å². The molecule has 1 atom stereocenters. The molecule has 0 aliphatic carbocycles. The van der Waals surface area contributed by atoms with Crippen LogP contribution in [0.4, 0.5) is 5.69 Å². The summed E-state index contributed by atoms with van der Waals surface area (Å²) in [6.45, 7) is 3.70. The quantitative estimate of drug-likeness (QED) is 0.729. The van der Waals surface area contributed by atoms with Crippen LogP contribution in [0.1, 0.15) is 12.5 Å². The Bertz CT molecular complexity index is 1000. The van der Waals surface area contributed by atoms with Crippen LogP contribution in [0.3, 0.4) is 0 Å². The molecule has 3 aromatic carbocycles. The van der Waals surface area contributed by atoms with Crippen molar-refractivity contribution in [3.8, 4) is 11.5 Å². The number of nitrogens with one attached hydrogen (secondary N) is 1. The molecule has 0 aromatic heterocycles. The van der Waals surface area contributed by atoms with Crippen molar-refractivity contribution in [2.24, 2.45) is 0 Å². The smallest absolute Gasteiger partial charge is 0.241 e. The van der Waals surface area contributed by atoms with Gasteiger partial charge in [0.1, 0.15) is 13.2 Å². The second-order valence-electron chi connectivity index (χ2n) is 7.12. The Labute approximate surface area is 164 Å². The molecule has 0 saturated heterocycles. The highest BCUT2D eigenvalue weighted by molar-refractivity contribution is 5.97. The Morgan fingerprint density at radius 1 is 1.00 bits per heavy atom. The first-order valence-electron chi connectivity index (χ1n) is 9.48. The first-order chi connectivity index (χ1) is 13.6. The number of nitrogens with zero attached hydrogens (tertiary/aromatic N) is 1. The molecule has 3 aromatic rings. The van der Waals surface area contributed by atoms with Gasteiger partial charge in [0.05, 0.1) is 6.04 Å². The van der Waals surface area contributed by atoms with Crippen LogP contribution in [-0.4, -0.2) is 37.1 Å². The highest BCUT2D eigenvalue weighted by atomic mass is 16.6. The highest BCUT2D eigenvalue weighted by Gasteiger charge is 2.19. The number of anilines is 1. The Balaban J connectivity index is 1.41. The third kappa shape index (κ3) is 3.94. The van der Waals surface area contributed by atoms with Crippen LogP contribution < -0.4 is 14.8 Å². The molecular formula is C23H24N2O3. The number of fused-ring (bicyclic) bond motifs is 2. The summed E-state index contributed by atoms with van der Waals surface area (Å²) in [6.07, 6.45) is 0. The number of likely N-dealkylation sites (N-methyl/N-ethyl adjacent to an activating group) is 1. The van der Waals surface area contributed by atoms with Gasteiger partial charge >= 0.3 is 0 Å². The lowest BCUT2D eigenvalue weighted by atomic mass is 10.1. The van der Waals surface area contributed by atoms with E-state index in [1.807, 2.05) is 73.5 Å². The van der Waals surface area contributed by atoms with Gasteiger partial charge in [-0.1, -0.05) is 36.4 Å². The molecule has 0 bridgehead atoms. The second kappa shape index (κ2) is 7.90. The maximum atomic E-state index is 12.7. The van der Waals surface area contributed by atoms with E-state index >= 15 is 0 Å². The van der Waals surface area contributed by atoms with Crippen LogP contribution in [0.2, 0.25) is 0 Å². The summed E-state index contributed by atoms with van der Waals surface area (Å²) in [6, 6.07) is 19.7. The Morgan fingerprint density at radius 3 is 2.57 bits per heavy atom. The fraction of sp³-hybridized carbons (Fsp3) is 0.261. The van der Waals surface area contributed by atoms with E-state index in [1.165, 1.54) is 0 Å². The van der Waals surface area contributed by atoms with E-state index in [1.54, 1.807) is 0 Å². The Morgan fingerprint density at radius 2 is 1.75 bits per heavy atom. The standard InChI is InChI=1S/C23H24N2O3/c1-16(23(26)24-20-9-8-18-5-3-4-6-19(18)14-20)25(2)15-17-7-10-21-22(13-17)28-12-11-27-21/h3-10,13-14,16H,11-12,15H2,1-2H3,(H,24,26). The van der Waals surface area contributed by atoms with E-state index in [-0.39, 0.29) is 11.9 Å². The lowest BCUT2D eigenvalue weighted by molar-refractivity contribution is -0.120. The minimum absolute atomic E-state index is 0.0321. The summed E-state index contributed by atoms with van der Waals surface area (Å²) in [4.78, 5) is 14.7. The average molecular weight is 376 g/mol. The van der Waals surface area contributed by atoms with Gasteiger partial charge in [0.15, 0.2) is 11.5 Å². The second-order valence-corrected chi connectivity index (χ2v) is 7.12. The summed E-state index contributed by atoms with van der Waals surface area (Å²) in [5.41, 5.74) is 1.89. The molecule has 1 heterocycles. The van der Waals surface area contributed by atoms with Crippen molar-refractivity contribution in [2.75, 3.05) is 25.6 Å². The fourth-order valence-corrected chi connectivity index (χ4v) is 3.32. The van der Waals surface area contributed by atoms with Gasteiger partial charge in [-0.15, -0.1) is 0 Å². The van der Waals surface area contributed by atoms with E-state index in [0.29, 0.717) is 19.8 Å². The van der Waals surface area contributed by atoms with Gasteiger partial charge < -0.3 is 14.8 Å². The van der Waals surface area contributed by atoms with Crippen LogP contribution in [0.5, 0.6) is 11.5 Å². The third-order valence-electron chi connectivity index (χ3n) is 5.10. The van der Waals surface area contributed by atoms with Crippen molar-refractivity contribution in [1.82, 2.24) is 4.90 Å². The zero-order chi connectivity index (χ0) is 19.5. The monoisotopic (exact) mass is 376 g/mol. The summed E-state index contributed by atoms with van der Waals surface area (Å²) in [5, 5.41) is 5.29. The molecule has 1 aliphatic rings. The summed E-state index contributed by atoms with van der Waals surface area (Å²) < 4.78 is 11.2. The zero-order valence-electron chi connectivity index (χ0n) is 16.1. The molecule has 4 rings (SSSR count). The van der Waals surface area contributed by atoms with Crippen LogP contribution in [0.15, 0.2) is 60.7 Å². The van der Waals surface area contributed by atoms with Gasteiger partial charge in [0.2, 0.25) is 5.91 Å². The first kappa shape index (κ1) is 18.3. The average Bonchev–Trinajstić information content (AvgIpc) is 2.73. The molecule has 0 spiro atoms. The molecule has 1 unspecified atom stereocenters. The van der Waals surface area contributed by atoms with E-state index in [9.17, 15) is 4.79 Å². The number of ether oxygens (including phenoxy) is 2. The van der Waals surface area contributed by atoms with Gasteiger partial charge in [-0.25, -0.2) is 0 Å². The zero-order valence-corrected chi connectivity index (χ0v) is 16.1. The molecule has 1 amide bonds. The lowest BCUT2D eigenvalue weighted by Gasteiger charge is -2.25. The number of hydrogen-bond donors (Lipinski definition) is 1. The molecule has 0 saturated carbocycles.